The number of carboxylic acid groups (broad SMARTS) is 1. The highest BCUT2D eigenvalue weighted by molar-refractivity contribution is 5.69. The summed E-state index contributed by atoms with van der Waals surface area (Å²) in [7, 11) is 0. The van der Waals surface area contributed by atoms with E-state index in [4.69, 9.17) is 40.5 Å². The Hall–Kier alpha value is -0.810. The summed E-state index contributed by atoms with van der Waals surface area (Å²) in [6.45, 7) is -3.01. The van der Waals surface area contributed by atoms with Gasteiger partial charge in [0.15, 0.2) is 0 Å². The lowest BCUT2D eigenvalue weighted by molar-refractivity contribution is -0.142. The largest absolute Gasteiger partial charge is 0.481 e. The van der Waals surface area contributed by atoms with Gasteiger partial charge < -0.3 is 40.5 Å². The molecule has 0 bridgehead atoms. The predicted molar refractivity (Wildman–Crippen MR) is 92.4 cm³/mol. The molecule has 0 unspecified atom stereocenters. The highest BCUT2D eigenvalue weighted by Gasteiger charge is 2.32. The molecule has 0 atom stereocenters. The van der Waals surface area contributed by atoms with Crippen LogP contribution in [0.15, 0.2) is 0 Å². The maximum atomic E-state index is 10.4. The molecule has 1 fully saturated rings. The molecule has 7 N–H and O–H groups in total. The third-order valence-electron chi connectivity index (χ3n) is 4.78. The molecule has 0 saturated heterocycles. The van der Waals surface area contributed by atoms with Gasteiger partial charge in [-0.15, -0.1) is 0 Å². The minimum absolute atomic E-state index is 0.0289. The molecule has 9 nitrogen and oxygen atoms in total. The summed E-state index contributed by atoms with van der Waals surface area (Å²) >= 11 is 0. The lowest BCUT2D eigenvalue weighted by Crippen LogP contribution is -2.43. The highest BCUT2D eigenvalue weighted by atomic mass is 16.5. The van der Waals surface area contributed by atoms with Gasteiger partial charge in [0, 0.05) is 0 Å². The minimum Gasteiger partial charge on any atom is -0.481 e. The topological polar surface area (TPSA) is 168 Å². The van der Waals surface area contributed by atoms with E-state index in [9.17, 15) is 4.79 Å². The zero-order valence-corrected chi connectivity index (χ0v) is 15.2. The molecule has 0 aliphatic heterocycles. The van der Waals surface area contributed by atoms with Crippen molar-refractivity contribution in [3.63, 3.8) is 0 Å². The van der Waals surface area contributed by atoms with Crippen LogP contribution in [0.25, 0.3) is 0 Å². The van der Waals surface area contributed by atoms with Gasteiger partial charge in [0.25, 0.3) is 0 Å². The molecule has 0 aromatic carbocycles. The quantitative estimate of drug-likeness (QED) is 0.227. The average Bonchev–Trinajstić information content (AvgIpc) is 2.70. The summed E-state index contributed by atoms with van der Waals surface area (Å²) in [6, 6.07) is 0. The molecule has 0 spiro atoms. The van der Waals surface area contributed by atoms with Crippen LogP contribution in [0.1, 0.15) is 32.1 Å². The Balaban J connectivity index is 0.000000577. The second kappa shape index (κ2) is 13.4. The third-order valence-corrected chi connectivity index (χ3v) is 4.78. The van der Waals surface area contributed by atoms with Gasteiger partial charge in [-0.1, -0.05) is 19.3 Å². The van der Waals surface area contributed by atoms with Gasteiger partial charge in [0.2, 0.25) is 0 Å². The van der Waals surface area contributed by atoms with Gasteiger partial charge in [-0.05, 0) is 12.8 Å². The number of hydrogen-bond acceptors (Lipinski definition) is 8. The zero-order chi connectivity index (χ0) is 20.1. The van der Waals surface area contributed by atoms with Gasteiger partial charge in [-0.3, -0.25) is 4.79 Å². The van der Waals surface area contributed by atoms with Crippen LogP contribution in [-0.4, -0.2) is 94.6 Å². The maximum absolute atomic E-state index is 10.4. The van der Waals surface area contributed by atoms with E-state index in [1.54, 1.807) is 0 Å². The highest BCUT2D eigenvalue weighted by Crippen LogP contribution is 2.23. The van der Waals surface area contributed by atoms with Crippen molar-refractivity contribution >= 4 is 5.97 Å². The Morgan fingerprint density at radius 1 is 0.731 bits per heavy atom. The molecule has 26 heavy (non-hydrogen) atoms. The Morgan fingerprint density at radius 2 is 1.08 bits per heavy atom. The van der Waals surface area contributed by atoms with E-state index < -0.39 is 56.4 Å². The van der Waals surface area contributed by atoms with Crippen LogP contribution in [-0.2, 0) is 9.53 Å². The Morgan fingerprint density at radius 3 is 1.31 bits per heavy atom. The number of carbonyl (C=O) groups is 1. The number of aliphatic carboxylic acids is 1. The number of hydrogen-bond donors (Lipinski definition) is 7. The molecule has 0 aromatic heterocycles. The van der Waals surface area contributed by atoms with Crippen LogP contribution in [0, 0.1) is 16.7 Å². The Labute approximate surface area is 153 Å². The summed E-state index contributed by atoms with van der Waals surface area (Å²) < 4.78 is 5.15. The van der Waals surface area contributed by atoms with E-state index in [1.807, 2.05) is 0 Å². The molecular weight excluding hydrogens is 348 g/mol. The van der Waals surface area contributed by atoms with Gasteiger partial charge in [-0.25, -0.2) is 0 Å². The van der Waals surface area contributed by atoms with Crippen molar-refractivity contribution in [3.8, 4) is 0 Å². The monoisotopic (exact) mass is 382 g/mol. The zero-order valence-electron chi connectivity index (χ0n) is 15.2. The second-order valence-corrected chi connectivity index (χ2v) is 7.11. The van der Waals surface area contributed by atoms with E-state index >= 15 is 0 Å². The van der Waals surface area contributed by atoms with Gasteiger partial charge in [-0.2, -0.15) is 0 Å². The molecule has 0 radical (unpaired) electrons. The Kier molecular flexibility index (Phi) is 13.0. The number of aliphatic hydroxyl groups is 6. The first-order chi connectivity index (χ1) is 12.4. The van der Waals surface area contributed by atoms with Crippen molar-refractivity contribution in [1.82, 2.24) is 0 Å². The first kappa shape index (κ1) is 25.2. The summed E-state index contributed by atoms with van der Waals surface area (Å²) in [6.07, 6.45) is 5.24. The van der Waals surface area contributed by atoms with Crippen molar-refractivity contribution in [2.24, 2.45) is 16.7 Å². The van der Waals surface area contributed by atoms with Crippen LogP contribution in [0.2, 0.25) is 0 Å². The van der Waals surface area contributed by atoms with Crippen molar-refractivity contribution in [2.75, 3.05) is 52.9 Å². The maximum Gasteiger partial charge on any atom is 0.306 e. The second-order valence-electron chi connectivity index (χ2n) is 7.11. The van der Waals surface area contributed by atoms with E-state index in [0.29, 0.717) is 0 Å². The minimum atomic E-state index is -1.16. The van der Waals surface area contributed by atoms with Crippen molar-refractivity contribution < 1.29 is 45.3 Å². The van der Waals surface area contributed by atoms with Crippen LogP contribution in [0.3, 0.4) is 0 Å². The average molecular weight is 382 g/mol. The lowest BCUT2D eigenvalue weighted by Gasteiger charge is -2.31. The molecular formula is C17H34O9. The molecule has 0 aromatic rings. The molecule has 1 aliphatic rings. The van der Waals surface area contributed by atoms with E-state index in [2.05, 4.69) is 0 Å². The van der Waals surface area contributed by atoms with Crippen molar-refractivity contribution in [1.29, 1.82) is 0 Å². The van der Waals surface area contributed by atoms with Crippen LogP contribution < -0.4 is 0 Å². The fourth-order valence-corrected chi connectivity index (χ4v) is 2.41. The SMILES string of the molecule is O=C(O)C1CCCCC1.OCC(CO)(CO)COCC(CO)(CO)CO. The first-order valence-electron chi connectivity index (χ1n) is 8.84. The molecule has 0 amide bonds. The number of aliphatic hydroxyl groups excluding tert-OH is 6. The number of ether oxygens (including phenoxy) is 1. The van der Waals surface area contributed by atoms with E-state index in [0.717, 1.165) is 25.7 Å². The molecule has 156 valence electrons. The smallest absolute Gasteiger partial charge is 0.306 e. The summed E-state index contributed by atoms with van der Waals surface area (Å²) in [5, 5.41) is 62.7. The predicted octanol–water partition coefficient (Wildman–Crippen LogP) is -1.42. The number of rotatable bonds is 11. The van der Waals surface area contributed by atoms with Crippen molar-refractivity contribution in [3.05, 3.63) is 0 Å². The molecule has 9 heteroatoms. The number of carboxylic acids is 1. The lowest BCUT2D eigenvalue weighted by atomic mass is 9.90. The normalized spacial score (nSPS) is 16.1. The summed E-state index contributed by atoms with van der Waals surface area (Å²) in [5.74, 6) is -0.631. The van der Waals surface area contributed by atoms with E-state index in [1.165, 1.54) is 6.42 Å². The van der Waals surface area contributed by atoms with Gasteiger partial charge in [0.1, 0.15) is 0 Å². The van der Waals surface area contributed by atoms with Gasteiger partial charge in [0.05, 0.1) is 69.6 Å². The first-order valence-corrected chi connectivity index (χ1v) is 8.84. The summed E-state index contributed by atoms with van der Waals surface area (Å²) in [4.78, 5) is 10.4. The molecule has 1 aliphatic carbocycles. The van der Waals surface area contributed by atoms with E-state index in [-0.39, 0.29) is 19.1 Å². The fraction of sp³-hybridized carbons (Fsp3) is 0.941. The molecule has 1 saturated carbocycles. The standard InChI is InChI=1S/C10H22O7.C7H12O2/c11-1-9(2-12,3-13)7-17-8-10(4-14,5-15)6-16;8-7(9)6-4-2-1-3-5-6/h11-16H,1-8H2;6H,1-5H2,(H,8,9). The van der Waals surface area contributed by atoms with Gasteiger partial charge >= 0.3 is 5.97 Å². The molecule has 1 rings (SSSR count). The van der Waals surface area contributed by atoms with Crippen LogP contribution >= 0.6 is 0 Å². The van der Waals surface area contributed by atoms with Crippen LogP contribution in [0.4, 0.5) is 0 Å². The Bertz CT molecular complexity index is 325. The molecule has 0 heterocycles. The fourth-order valence-electron chi connectivity index (χ4n) is 2.41. The van der Waals surface area contributed by atoms with Crippen LogP contribution in [0.5, 0.6) is 0 Å². The summed E-state index contributed by atoms with van der Waals surface area (Å²) in [5.41, 5.74) is -2.32. The van der Waals surface area contributed by atoms with Crippen molar-refractivity contribution in [2.45, 2.75) is 32.1 Å². The third kappa shape index (κ3) is 8.26.